The molecule has 8 heteroatoms. The zero-order valence-electron chi connectivity index (χ0n) is 15.3. The van der Waals surface area contributed by atoms with E-state index in [0.29, 0.717) is 25.0 Å². The summed E-state index contributed by atoms with van der Waals surface area (Å²) in [5, 5.41) is 11.5. The Morgan fingerprint density at radius 1 is 1.31 bits per heavy atom. The van der Waals surface area contributed by atoms with Gasteiger partial charge in [-0.25, -0.2) is 9.97 Å². The van der Waals surface area contributed by atoms with Crippen molar-refractivity contribution in [3.8, 4) is 0 Å². The zero-order chi connectivity index (χ0) is 18.5. The molecule has 0 aliphatic rings. The summed E-state index contributed by atoms with van der Waals surface area (Å²) in [7, 11) is 1.85. The molecule has 136 valence electrons. The Hall–Kier alpha value is -3.16. The van der Waals surface area contributed by atoms with Crippen LogP contribution in [0.2, 0.25) is 0 Å². The molecule has 0 saturated carbocycles. The summed E-state index contributed by atoms with van der Waals surface area (Å²) in [5.41, 5.74) is 8.97. The van der Waals surface area contributed by atoms with E-state index in [2.05, 4.69) is 56.7 Å². The first kappa shape index (κ1) is 17.7. The number of fused-ring (bicyclic) bond motifs is 1. The van der Waals surface area contributed by atoms with Crippen molar-refractivity contribution >= 4 is 28.5 Å². The zero-order valence-corrected chi connectivity index (χ0v) is 15.3. The van der Waals surface area contributed by atoms with E-state index < -0.39 is 0 Å². The molecule has 0 spiro atoms. The molecule has 0 fully saturated rings. The minimum Gasteiger partial charge on any atom is -0.370 e. The number of nitrogens with two attached hydrogens (primary N) is 1. The summed E-state index contributed by atoms with van der Waals surface area (Å²) in [6, 6.07) is 8.19. The van der Waals surface area contributed by atoms with Crippen LogP contribution in [0.5, 0.6) is 0 Å². The Kier molecular flexibility index (Phi) is 5.31. The van der Waals surface area contributed by atoms with Gasteiger partial charge in [0, 0.05) is 19.3 Å². The number of guanidine groups is 1. The van der Waals surface area contributed by atoms with Gasteiger partial charge in [0.2, 0.25) is 0 Å². The highest BCUT2D eigenvalue weighted by Crippen LogP contribution is 2.18. The van der Waals surface area contributed by atoms with Gasteiger partial charge in [-0.15, -0.1) is 0 Å². The van der Waals surface area contributed by atoms with E-state index in [1.54, 1.807) is 10.9 Å². The largest absolute Gasteiger partial charge is 0.370 e. The van der Waals surface area contributed by atoms with Gasteiger partial charge in [0.05, 0.1) is 18.1 Å². The van der Waals surface area contributed by atoms with Crippen molar-refractivity contribution in [2.45, 2.75) is 19.8 Å². The molecule has 0 aliphatic heterocycles. The van der Waals surface area contributed by atoms with Crippen molar-refractivity contribution in [2.24, 2.45) is 17.8 Å². The van der Waals surface area contributed by atoms with Crippen molar-refractivity contribution in [3.05, 3.63) is 42.4 Å². The second-order valence-corrected chi connectivity index (χ2v) is 6.33. The van der Waals surface area contributed by atoms with Crippen LogP contribution in [0.25, 0.3) is 11.0 Å². The maximum absolute atomic E-state index is 5.98. The first-order valence-corrected chi connectivity index (χ1v) is 8.58. The highest BCUT2D eigenvalue weighted by Gasteiger charge is 2.06. The first-order chi connectivity index (χ1) is 12.5. The fraction of sp³-hybridized carbons (Fsp3) is 0.333. The number of hydrogen-bond acceptors (Lipinski definition) is 5. The molecule has 8 nitrogen and oxygen atoms in total. The van der Waals surface area contributed by atoms with Crippen molar-refractivity contribution in [3.63, 3.8) is 0 Å². The Morgan fingerprint density at radius 2 is 2.15 bits per heavy atom. The molecule has 3 aromatic rings. The number of anilines is 2. The predicted octanol–water partition coefficient (Wildman–Crippen LogP) is 2.33. The third-order valence-corrected chi connectivity index (χ3v) is 4.04. The maximum atomic E-state index is 5.98. The summed E-state index contributed by atoms with van der Waals surface area (Å²) in [4.78, 5) is 12.8. The van der Waals surface area contributed by atoms with Gasteiger partial charge in [-0.2, -0.15) is 5.10 Å². The number of aromatic nitrogens is 4. The van der Waals surface area contributed by atoms with Crippen LogP contribution in [-0.2, 0) is 7.05 Å². The second-order valence-electron chi connectivity index (χ2n) is 6.33. The van der Waals surface area contributed by atoms with Crippen molar-refractivity contribution < 1.29 is 0 Å². The fourth-order valence-electron chi connectivity index (χ4n) is 2.62. The maximum Gasteiger partial charge on any atom is 0.193 e. The van der Waals surface area contributed by atoms with Crippen LogP contribution in [0, 0.1) is 0 Å². The van der Waals surface area contributed by atoms with E-state index in [1.807, 2.05) is 19.2 Å². The first-order valence-electron chi connectivity index (χ1n) is 8.58. The standard InChI is InChI=1S/C18H24N8/c1-12(2)13-5-4-6-14(9-13)25-18(19)21-8-7-20-16-15-10-24-26(3)17(15)23-11-22-16/h4-6,9-12H,7-8H2,1-3H3,(H3,19,21,25)(H,20,22,23). The molecule has 2 heterocycles. The SMILES string of the molecule is CC(C)c1cccc(NC(N)=NCCNc2ncnc3c2cnn3C)c1. The Balaban J connectivity index is 1.55. The molecular formula is C18H24N8. The number of nitrogens with zero attached hydrogens (tertiary/aromatic N) is 5. The number of hydrogen-bond donors (Lipinski definition) is 3. The minimum atomic E-state index is 0.391. The summed E-state index contributed by atoms with van der Waals surface area (Å²) < 4.78 is 1.72. The van der Waals surface area contributed by atoms with E-state index in [-0.39, 0.29) is 0 Å². The second kappa shape index (κ2) is 7.81. The number of rotatable bonds is 6. The van der Waals surface area contributed by atoms with Crippen molar-refractivity contribution in [1.29, 1.82) is 0 Å². The van der Waals surface area contributed by atoms with E-state index in [4.69, 9.17) is 5.73 Å². The minimum absolute atomic E-state index is 0.391. The van der Waals surface area contributed by atoms with E-state index in [1.165, 1.54) is 11.9 Å². The average molecular weight is 352 g/mol. The average Bonchev–Trinajstić information content (AvgIpc) is 3.01. The molecule has 0 saturated heterocycles. The van der Waals surface area contributed by atoms with E-state index >= 15 is 0 Å². The molecule has 0 aliphatic carbocycles. The molecule has 0 unspecified atom stereocenters. The molecule has 1 aromatic carbocycles. The van der Waals surface area contributed by atoms with Crippen LogP contribution >= 0.6 is 0 Å². The van der Waals surface area contributed by atoms with Crippen molar-refractivity contribution in [1.82, 2.24) is 19.7 Å². The molecule has 0 atom stereocenters. The lowest BCUT2D eigenvalue weighted by molar-refractivity contribution is 0.785. The highest BCUT2D eigenvalue weighted by molar-refractivity contribution is 5.92. The van der Waals surface area contributed by atoms with Gasteiger partial charge in [-0.05, 0) is 23.6 Å². The van der Waals surface area contributed by atoms with Crippen LogP contribution in [-0.4, -0.2) is 38.8 Å². The van der Waals surface area contributed by atoms with Gasteiger partial charge in [-0.3, -0.25) is 9.67 Å². The smallest absolute Gasteiger partial charge is 0.193 e. The number of aryl methyl sites for hydroxylation is 1. The van der Waals surface area contributed by atoms with E-state index in [0.717, 1.165) is 22.5 Å². The highest BCUT2D eigenvalue weighted by atomic mass is 15.3. The van der Waals surface area contributed by atoms with Gasteiger partial charge >= 0.3 is 0 Å². The van der Waals surface area contributed by atoms with E-state index in [9.17, 15) is 0 Å². The van der Waals surface area contributed by atoms with Gasteiger partial charge in [-0.1, -0.05) is 26.0 Å². The van der Waals surface area contributed by atoms with Crippen LogP contribution in [0.15, 0.2) is 41.8 Å². The van der Waals surface area contributed by atoms with Crippen LogP contribution in [0.1, 0.15) is 25.3 Å². The summed E-state index contributed by atoms with van der Waals surface area (Å²) >= 11 is 0. The van der Waals surface area contributed by atoms with Gasteiger partial charge in [0.1, 0.15) is 12.1 Å². The lowest BCUT2D eigenvalue weighted by Crippen LogP contribution is -2.24. The van der Waals surface area contributed by atoms with Gasteiger partial charge < -0.3 is 16.4 Å². The number of aliphatic imine (C=N–C) groups is 1. The third-order valence-electron chi connectivity index (χ3n) is 4.04. The van der Waals surface area contributed by atoms with Crippen LogP contribution in [0.4, 0.5) is 11.5 Å². The molecule has 2 aromatic heterocycles. The molecule has 0 bridgehead atoms. The summed E-state index contributed by atoms with van der Waals surface area (Å²) in [6.45, 7) is 5.45. The van der Waals surface area contributed by atoms with Gasteiger partial charge in [0.25, 0.3) is 0 Å². The molecule has 0 radical (unpaired) electrons. The molecule has 26 heavy (non-hydrogen) atoms. The fourth-order valence-corrected chi connectivity index (χ4v) is 2.62. The molecular weight excluding hydrogens is 328 g/mol. The third kappa shape index (κ3) is 4.08. The van der Waals surface area contributed by atoms with Gasteiger partial charge in [0.15, 0.2) is 11.6 Å². The molecule has 3 rings (SSSR count). The lowest BCUT2D eigenvalue weighted by atomic mass is 10.0. The Bertz CT molecular complexity index is 912. The molecule has 4 N–H and O–H groups in total. The summed E-state index contributed by atoms with van der Waals surface area (Å²) in [6.07, 6.45) is 3.27. The Morgan fingerprint density at radius 3 is 2.96 bits per heavy atom. The number of benzene rings is 1. The quantitative estimate of drug-likeness (QED) is 0.357. The van der Waals surface area contributed by atoms with Crippen LogP contribution in [0.3, 0.4) is 0 Å². The van der Waals surface area contributed by atoms with Crippen molar-refractivity contribution in [2.75, 3.05) is 23.7 Å². The van der Waals surface area contributed by atoms with Crippen LogP contribution < -0.4 is 16.4 Å². The summed E-state index contributed by atoms with van der Waals surface area (Å²) in [5.74, 6) is 1.60. The topological polar surface area (TPSA) is 106 Å². The normalized spacial score (nSPS) is 11.9. The Labute approximate surface area is 152 Å². The predicted molar refractivity (Wildman–Crippen MR) is 105 cm³/mol. The lowest BCUT2D eigenvalue weighted by Gasteiger charge is -2.10. The molecule has 0 amide bonds. The monoisotopic (exact) mass is 352 g/mol. The number of nitrogens with one attached hydrogen (secondary N) is 2.